The van der Waals surface area contributed by atoms with Crippen LogP contribution in [0.3, 0.4) is 0 Å². The molecule has 20 heavy (non-hydrogen) atoms. The molecule has 0 aliphatic carbocycles. The molecule has 0 spiro atoms. The summed E-state index contributed by atoms with van der Waals surface area (Å²) in [5.74, 6) is 5.11. The van der Waals surface area contributed by atoms with Gasteiger partial charge in [-0.3, -0.25) is 4.79 Å². The molecule has 0 fully saturated rings. The largest absolute Gasteiger partial charge is 0.341 e. The van der Waals surface area contributed by atoms with Gasteiger partial charge in [-0.1, -0.05) is 48.4 Å². The van der Waals surface area contributed by atoms with Crippen molar-refractivity contribution in [1.29, 1.82) is 0 Å². The Bertz CT molecular complexity index is 639. The number of nitrogens with one attached hydrogen (secondary N) is 1. The summed E-state index contributed by atoms with van der Waals surface area (Å²) in [6, 6.07) is 17.2. The van der Waals surface area contributed by atoms with Gasteiger partial charge >= 0.3 is 0 Å². The van der Waals surface area contributed by atoms with Crippen molar-refractivity contribution in [2.45, 2.75) is 13.1 Å². The van der Waals surface area contributed by atoms with E-state index in [1.807, 2.05) is 54.6 Å². The first-order valence-electron chi connectivity index (χ1n) is 6.41. The van der Waals surface area contributed by atoms with E-state index in [1.54, 1.807) is 0 Å². The standard InChI is InChI=1S/C17H16N2O/c18-12-15-8-4-5-9-16(15)13-19-17(20)11-10-14-6-2-1-3-7-14/h1-9H,12-13,18H2,(H,19,20). The third kappa shape index (κ3) is 3.98. The van der Waals surface area contributed by atoms with E-state index in [0.717, 1.165) is 16.7 Å². The van der Waals surface area contributed by atoms with Crippen molar-refractivity contribution in [1.82, 2.24) is 5.32 Å². The second-order valence-corrected chi connectivity index (χ2v) is 4.27. The van der Waals surface area contributed by atoms with Crippen molar-refractivity contribution in [3.63, 3.8) is 0 Å². The molecule has 3 N–H and O–H groups in total. The van der Waals surface area contributed by atoms with E-state index in [1.165, 1.54) is 0 Å². The minimum absolute atomic E-state index is 0.291. The van der Waals surface area contributed by atoms with E-state index in [-0.39, 0.29) is 5.91 Å². The van der Waals surface area contributed by atoms with Crippen LogP contribution in [0.5, 0.6) is 0 Å². The topological polar surface area (TPSA) is 55.1 Å². The van der Waals surface area contributed by atoms with Crippen LogP contribution in [0.15, 0.2) is 54.6 Å². The first kappa shape index (κ1) is 13.9. The normalized spacial score (nSPS) is 9.45. The molecule has 0 aliphatic rings. The fraction of sp³-hybridized carbons (Fsp3) is 0.118. The molecule has 3 heteroatoms. The lowest BCUT2D eigenvalue weighted by Gasteiger charge is -2.06. The summed E-state index contributed by atoms with van der Waals surface area (Å²) >= 11 is 0. The predicted octanol–water partition coefficient (Wildman–Crippen LogP) is 1.81. The van der Waals surface area contributed by atoms with Crippen LogP contribution in [0.4, 0.5) is 0 Å². The van der Waals surface area contributed by atoms with Crippen molar-refractivity contribution in [2.24, 2.45) is 5.73 Å². The van der Waals surface area contributed by atoms with E-state index >= 15 is 0 Å². The predicted molar refractivity (Wildman–Crippen MR) is 79.5 cm³/mol. The molecular weight excluding hydrogens is 248 g/mol. The molecule has 0 bridgehead atoms. The summed E-state index contributed by atoms with van der Waals surface area (Å²) in [5.41, 5.74) is 8.52. The van der Waals surface area contributed by atoms with Gasteiger partial charge in [0.15, 0.2) is 0 Å². The molecule has 3 nitrogen and oxygen atoms in total. The smallest absolute Gasteiger partial charge is 0.296 e. The first-order chi connectivity index (χ1) is 9.79. The van der Waals surface area contributed by atoms with E-state index in [0.29, 0.717) is 13.1 Å². The molecule has 2 aromatic carbocycles. The average Bonchev–Trinajstić information content (AvgIpc) is 2.52. The van der Waals surface area contributed by atoms with Crippen LogP contribution in [-0.4, -0.2) is 5.91 Å². The lowest BCUT2D eigenvalue weighted by molar-refractivity contribution is -0.115. The Balaban J connectivity index is 1.95. The van der Waals surface area contributed by atoms with E-state index in [4.69, 9.17) is 5.73 Å². The number of amides is 1. The fourth-order valence-corrected chi connectivity index (χ4v) is 1.80. The summed E-state index contributed by atoms with van der Waals surface area (Å²) in [7, 11) is 0. The molecule has 100 valence electrons. The molecule has 2 aromatic rings. The third-order valence-electron chi connectivity index (χ3n) is 2.87. The molecule has 0 atom stereocenters. The summed E-state index contributed by atoms with van der Waals surface area (Å²) in [6.07, 6.45) is 0. The molecule has 0 radical (unpaired) electrons. The van der Waals surface area contributed by atoms with Crippen LogP contribution in [0.25, 0.3) is 0 Å². The van der Waals surface area contributed by atoms with Crippen LogP contribution in [-0.2, 0) is 17.9 Å². The summed E-state index contributed by atoms with van der Waals surface area (Å²) in [5, 5.41) is 2.78. The monoisotopic (exact) mass is 264 g/mol. The molecule has 0 saturated carbocycles. The Morgan fingerprint density at radius 2 is 1.65 bits per heavy atom. The maximum atomic E-state index is 11.7. The third-order valence-corrected chi connectivity index (χ3v) is 2.87. The zero-order chi connectivity index (χ0) is 14.2. The molecule has 0 saturated heterocycles. The molecule has 0 aromatic heterocycles. The summed E-state index contributed by atoms with van der Waals surface area (Å²) in [6.45, 7) is 0.900. The average molecular weight is 264 g/mol. The number of carbonyl (C=O) groups is 1. The second-order valence-electron chi connectivity index (χ2n) is 4.27. The summed E-state index contributed by atoms with van der Waals surface area (Å²) < 4.78 is 0. The van der Waals surface area contributed by atoms with Gasteiger partial charge < -0.3 is 11.1 Å². The van der Waals surface area contributed by atoms with Crippen molar-refractivity contribution in [2.75, 3.05) is 0 Å². The number of hydrogen-bond acceptors (Lipinski definition) is 2. The Morgan fingerprint density at radius 3 is 2.35 bits per heavy atom. The summed E-state index contributed by atoms with van der Waals surface area (Å²) in [4.78, 5) is 11.7. The van der Waals surface area contributed by atoms with Gasteiger partial charge in [0.2, 0.25) is 0 Å². The van der Waals surface area contributed by atoms with Gasteiger partial charge in [-0.2, -0.15) is 0 Å². The maximum absolute atomic E-state index is 11.7. The molecule has 1 amide bonds. The van der Waals surface area contributed by atoms with Crippen LogP contribution in [0, 0.1) is 11.8 Å². The Morgan fingerprint density at radius 1 is 1.00 bits per heavy atom. The number of benzene rings is 2. The van der Waals surface area contributed by atoms with Gasteiger partial charge in [-0.15, -0.1) is 0 Å². The minimum atomic E-state index is -0.291. The van der Waals surface area contributed by atoms with Gasteiger partial charge in [-0.25, -0.2) is 0 Å². The van der Waals surface area contributed by atoms with Crippen LogP contribution in [0.1, 0.15) is 16.7 Å². The molecule has 0 heterocycles. The highest BCUT2D eigenvalue weighted by Crippen LogP contribution is 2.07. The lowest BCUT2D eigenvalue weighted by Crippen LogP contribution is -2.21. The first-order valence-corrected chi connectivity index (χ1v) is 6.41. The van der Waals surface area contributed by atoms with Crippen molar-refractivity contribution in [3.05, 3.63) is 71.3 Å². The lowest BCUT2D eigenvalue weighted by atomic mass is 10.1. The Kier molecular flexibility index (Phi) is 4.94. The second kappa shape index (κ2) is 7.13. The zero-order valence-corrected chi connectivity index (χ0v) is 11.1. The highest BCUT2D eigenvalue weighted by molar-refractivity contribution is 5.94. The van der Waals surface area contributed by atoms with Gasteiger partial charge in [0.1, 0.15) is 0 Å². The van der Waals surface area contributed by atoms with E-state index < -0.39 is 0 Å². The number of carbonyl (C=O) groups excluding carboxylic acids is 1. The fourth-order valence-electron chi connectivity index (χ4n) is 1.80. The van der Waals surface area contributed by atoms with E-state index in [9.17, 15) is 4.79 Å². The van der Waals surface area contributed by atoms with Gasteiger partial charge in [0.05, 0.1) is 0 Å². The van der Waals surface area contributed by atoms with Crippen LogP contribution < -0.4 is 11.1 Å². The molecule has 0 unspecified atom stereocenters. The highest BCUT2D eigenvalue weighted by atomic mass is 16.1. The number of rotatable bonds is 3. The van der Waals surface area contributed by atoms with Crippen LogP contribution in [0.2, 0.25) is 0 Å². The SMILES string of the molecule is NCc1ccccc1CNC(=O)C#Cc1ccccc1. The number of hydrogen-bond donors (Lipinski definition) is 2. The maximum Gasteiger partial charge on any atom is 0.296 e. The quantitative estimate of drug-likeness (QED) is 0.831. The van der Waals surface area contributed by atoms with Gasteiger partial charge in [-0.05, 0) is 23.3 Å². The van der Waals surface area contributed by atoms with Crippen molar-refractivity contribution in [3.8, 4) is 11.8 Å². The van der Waals surface area contributed by atoms with Crippen molar-refractivity contribution < 1.29 is 4.79 Å². The van der Waals surface area contributed by atoms with Crippen LogP contribution >= 0.6 is 0 Å². The highest BCUT2D eigenvalue weighted by Gasteiger charge is 2.01. The van der Waals surface area contributed by atoms with Gasteiger partial charge in [0, 0.05) is 24.6 Å². The molecule has 2 rings (SSSR count). The minimum Gasteiger partial charge on any atom is -0.341 e. The Hall–Kier alpha value is -2.57. The zero-order valence-electron chi connectivity index (χ0n) is 11.1. The van der Waals surface area contributed by atoms with E-state index in [2.05, 4.69) is 17.2 Å². The van der Waals surface area contributed by atoms with Gasteiger partial charge in [0.25, 0.3) is 5.91 Å². The number of nitrogens with two attached hydrogens (primary N) is 1. The Labute approximate surface area is 118 Å². The molecular formula is C17H16N2O. The molecule has 0 aliphatic heterocycles. The van der Waals surface area contributed by atoms with Crippen molar-refractivity contribution >= 4 is 5.91 Å².